The number of hydrogen-bond acceptors (Lipinski definition) is 6. The fourth-order valence-corrected chi connectivity index (χ4v) is 8.40. The van der Waals surface area contributed by atoms with Crippen molar-refractivity contribution in [3.05, 3.63) is 89.4 Å². The third-order valence-corrected chi connectivity index (χ3v) is 11.0. The van der Waals surface area contributed by atoms with Gasteiger partial charge < -0.3 is 25.4 Å². The minimum atomic E-state index is -0.594. The summed E-state index contributed by atoms with van der Waals surface area (Å²) in [5.74, 6) is -1.34. The molecule has 0 bridgehead atoms. The summed E-state index contributed by atoms with van der Waals surface area (Å²) in [7, 11) is 0. The van der Waals surface area contributed by atoms with Crippen LogP contribution < -0.4 is 10.6 Å². The molecule has 2 amide bonds. The largest absolute Gasteiger partial charge is 0.394 e. The molecular weight excluding hydrogens is 645 g/mol. The monoisotopic (exact) mass is 687 g/mol. The van der Waals surface area contributed by atoms with E-state index in [1.807, 2.05) is 47.4 Å². The van der Waals surface area contributed by atoms with Gasteiger partial charge in [0, 0.05) is 47.9 Å². The highest BCUT2D eigenvalue weighted by molar-refractivity contribution is 6.18. The number of aliphatic hydroxyl groups is 1. The molecule has 1 unspecified atom stereocenters. The molecule has 4 aromatic rings. The molecule has 1 aliphatic carbocycles. The molecule has 258 valence electrons. The molecule has 0 spiro atoms. The zero-order valence-electron chi connectivity index (χ0n) is 27.7. The van der Waals surface area contributed by atoms with Crippen LogP contribution in [-0.4, -0.2) is 69.4 Å². The van der Waals surface area contributed by atoms with Gasteiger partial charge in [-0.1, -0.05) is 30.7 Å². The molecule has 0 radical (unpaired) electrons. The predicted molar refractivity (Wildman–Crippen MR) is 188 cm³/mol. The molecule has 3 heterocycles. The van der Waals surface area contributed by atoms with E-state index in [0.717, 1.165) is 67.5 Å². The van der Waals surface area contributed by atoms with Crippen molar-refractivity contribution in [1.82, 2.24) is 14.7 Å². The topological polar surface area (TPSA) is 109 Å². The summed E-state index contributed by atoms with van der Waals surface area (Å²) in [6, 6.07) is 17.6. The number of nitrogens with zero attached hydrogens (tertiary/aromatic N) is 3. The number of nitrogens with one attached hydrogen (secondary N) is 2. The van der Waals surface area contributed by atoms with Crippen LogP contribution in [0, 0.1) is 24.6 Å². The molecule has 9 nitrogen and oxygen atoms in total. The van der Waals surface area contributed by atoms with Gasteiger partial charge in [-0.2, -0.15) is 5.10 Å². The second-order valence-electron chi connectivity index (χ2n) is 13.7. The van der Waals surface area contributed by atoms with Crippen molar-refractivity contribution >= 4 is 45.7 Å². The van der Waals surface area contributed by atoms with E-state index < -0.39 is 17.8 Å². The number of fused-ring (bicyclic) bond motifs is 2. The number of amides is 2. The Morgan fingerprint density at radius 1 is 1.06 bits per heavy atom. The third kappa shape index (κ3) is 6.66. The molecule has 49 heavy (non-hydrogen) atoms. The van der Waals surface area contributed by atoms with Crippen LogP contribution in [0.1, 0.15) is 72.1 Å². The first-order chi connectivity index (χ1) is 23.9. The second kappa shape index (κ2) is 14.5. The van der Waals surface area contributed by atoms with Crippen LogP contribution in [-0.2, 0) is 9.53 Å². The van der Waals surface area contributed by atoms with Crippen molar-refractivity contribution in [3.8, 4) is 0 Å². The standard InChI is InChI=1S/C38H43ClFN5O4/c1-23-4-2-6-32(40)35(23)38(48)44-33-7-3-5-25(33)19-31(36(44)24-8-10-27(11-9-24)42-28-14-16-49-17-15-28)37(47)43-29-12-13-34-26(18-29)21-41-45(34)30(20-39)22-46/h2,4,6,8-13,18,21,25,28,30-31,33,36,42,46H,3,5,7,14-17,19-20,22H2,1H3,(H,43,47)/t25-,30?,31+,33-,36+/m1/s1. The Kier molecular flexibility index (Phi) is 9.89. The van der Waals surface area contributed by atoms with E-state index in [4.69, 9.17) is 16.3 Å². The third-order valence-electron chi connectivity index (χ3n) is 10.7. The minimum absolute atomic E-state index is 0.0672. The first-order valence-electron chi connectivity index (χ1n) is 17.3. The van der Waals surface area contributed by atoms with E-state index in [2.05, 4.69) is 15.7 Å². The highest BCUT2D eigenvalue weighted by Gasteiger charge is 2.50. The Labute approximate surface area is 290 Å². The van der Waals surface area contributed by atoms with Gasteiger partial charge in [0.25, 0.3) is 5.91 Å². The molecule has 3 aromatic carbocycles. The van der Waals surface area contributed by atoms with Crippen molar-refractivity contribution in [2.24, 2.45) is 11.8 Å². The van der Waals surface area contributed by atoms with Crippen molar-refractivity contribution in [2.75, 3.05) is 36.3 Å². The van der Waals surface area contributed by atoms with Crippen molar-refractivity contribution < 1.29 is 23.8 Å². The Morgan fingerprint density at radius 3 is 2.57 bits per heavy atom. The summed E-state index contributed by atoms with van der Waals surface area (Å²) in [4.78, 5) is 30.8. The number of carbonyl (C=O) groups excluding carboxylic acids is 2. The van der Waals surface area contributed by atoms with Crippen molar-refractivity contribution in [2.45, 2.75) is 69.6 Å². The fourth-order valence-electron chi connectivity index (χ4n) is 8.17. The Balaban J connectivity index is 1.24. The van der Waals surface area contributed by atoms with E-state index >= 15 is 4.39 Å². The summed E-state index contributed by atoms with van der Waals surface area (Å²) in [5, 5.41) is 21.7. The van der Waals surface area contributed by atoms with Crippen LogP contribution in [0.3, 0.4) is 0 Å². The number of anilines is 2. The molecule has 2 saturated heterocycles. The smallest absolute Gasteiger partial charge is 0.257 e. The van der Waals surface area contributed by atoms with Gasteiger partial charge in [-0.15, -0.1) is 11.6 Å². The number of likely N-dealkylation sites (tertiary alicyclic amines) is 1. The van der Waals surface area contributed by atoms with Crippen molar-refractivity contribution in [1.29, 1.82) is 0 Å². The number of rotatable bonds is 9. The van der Waals surface area contributed by atoms with Crippen LogP contribution in [0.25, 0.3) is 10.9 Å². The molecule has 11 heteroatoms. The van der Waals surface area contributed by atoms with E-state index in [1.165, 1.54) is 6.07 Å². The quantitative estimate of drug-likeness (QED) is 0.166. The molecular formula is C38H43ClFN5O4. The Hall–Kier alpha value is -3.99. The molecule has 5 atom stereocenters. The summed E-state index contributed by atoms with van der Waals surface area (Å²) in [6.07, 6.45) is 6.85. The van der Waals surface area contributed by atoms with Crippen LogP contribution in [0.4, 0.5) is 15.8 Å². The minimum Gasteiger partial charge on any atom is -0.394 e. The van der Waals surface area contributed by atoms with Gasteiger partial charge in [0.2, 0.25) is 5.91 Å². The number of ether oxygens (including phenoxy) is 1. The number of piperidine rings is 1. The summed E-state index contributed by atoms with van der Waals surface area (Å²) >= 11 is 6.06. The van der Waals surface area contributed by atoms with E-state index in [0.29, 0.717) is 23.7 Å². The van der Waals surface area contributed by atoms with Gasteiger partial charge in [-0.25, -0.2) is 4.39 Å². The summed E-state index contributed by atoms with van der Waals surface area (Å²) in [5.41, 5.74) is 3.87. The van der Waals surface area contributed by atoms with E-state index in [-0.39, 0.29) is 47.9 Å². The van der Waals surface area contributed by atoms with E-state index in [1.54, 1.807) is 29.9 Å². The first-order valence-corrected chi connectivity index (χ1v) is 17.9. The lowest BCUT2D eigenvalue weighted by Crippen LogP contribution is -2.54. The summed E-state index contributed by atoms with van der Waals surface area (Å²) < 4.78 is 22.6. The maximum atomic E-state index is 15.4. The fraction of sp³-hybridized carbons (Fsp3) is 0.447. The Morgan fingerprint density at radius 2 is 1.84 bits per heavy atom. The number of aromatic nitrogens is 2. The lowest BCUT2D eigenvalue weighted by molar-refractivity contribution is -0.125. The molecule has 3 aliphatic rings. The van der Waals surface area contributed by atoms with Gasteiger partial charge in [-0.3, -0.25) is 14.3 Å². The highest BCUT2D eigenvalue weighted by Crippen LogP contribution is 2.49. The maximum absolute atomic E-state index is 15.4. The first kappa shape index (κ1) is 33.5. The highest BCUT2D eigenvalue weighted by atomic mass is 35.5. The van der Waals surface area contributed by atoms with Gasteiger partial charge in [0.15, 0.2) is 0 Å². The number of hydrogen-bond donors (Lipinski definition) is 3. The zero-order valence-corrected chi connectivity index (χ0v) is 28.4. The second-order valence-corrected chi connectivity index (χ2v) is 14.0. The maximum Gasteiger partial charge on any atom is 0.257 e. The molecule has 2 aliphatic heterocycles. The number of benzene rings is 3. The molecule has 1 saturated carbocycles. The average Bonchev–Trinajstić information content (AvgIpc) is 3.76. The van der Waals surface area contributed by atoms with Gasteiger partial charge in [0.1, 0.15) is 5.82 Å². The number of halogens is 2. The molecule has 7 rings (SSSR count). The van der Waals surface area contributed by atoms with Crippen molar-refractivity contribution in [3.63, 3.8) is 0 Å². The molecule has 3 N–H and O–H groups in total. The Bertz CT molecular complexity index is 1790. The van der Waals surface area contributed by atoms with Gasteiger partial charge in [-0.05, 0) is 92.5 Å². The van der Waals surface area contributed by atoms with Gasteiger partial charge >= 0.3 is 0 Å². The normalized spacial score (nSPS) is 23.3. The molecule has 3 fully saturated rings. The zero-order chi connectivity index (χ0) is 34.1. The van der Waals surface area contributed by atoms with Gasteiger partial charge in [0.05, 0.1) is 41.9 Å². The van der Waals surface area contributed by atoms with Crippen LogP contribution in [0.2, 0.25) is 0 Å². The molecule has 1 aromatic heterocycles. The SMILES string of the molecule is Cc1cccc(F)c1C(=O)N1[C@@H]2CCC[C@@H]2C[C@H](C(=O)Nc2ccc3c(cnn3C(CO)CCl)c2)[C@@H]1c1ccc(NC2CCOCC2)cc1. The van der Waals surface area contributed by atoms with Crippen LogP contribution in [0.15, 0.2) is 66.9 Å². The van der Waals surface area contributed by atoms with Crippen LogP contribution >= 0.6 is 11.6 Å². The number of carbonyl (C=O) groups is 2. The van der Waals surface area contributed by atoms with Crippen LogP contribution in [0.5, 0.6) is 0 Å². The average molecular weight is 688 g/mol. The lowest BCUT2D eigenvalue weighted by atomic mass is 9.76. The van der Waals surface area contributed by atoms with E-state index in [9.17, 15) is 14.7 Å². The predicted octanol–water partition coefficient (Wildman–Crippen LogP) is 6.86. The lowest BCUT2D eigenvalue weighted by Gasteiger charge is -2.48. The summed E-state index contributed by atoms with van der Waals surface area (Å²) in [6.45, 7) is 3.08. The number of alkyl halides is 1. The number of aryl methyl sites for hydroxylation is 1. The number of aliphatic hydroxyl groups excluding tert-OH is 1.